The summed E-state index contributed by atoms with van der Waals surface area (Å²) in [6.45, 7) is 11.9. The molecule has 0 radical (unpaired) electrons. The second-order valence-corrected chi connectivity index (χ2v) is 29.3. The number of benzene rings is 9. The van der Waals surface area contributed by atoms with Crippen LogP contribution in [0.2, 0.25) is 13.1 Å². The van der Waals surface area contributed by atoms with E-state index in [1.165, 1.54) is 64.9 Å². The molecule has 1 N–H and O–H groups in total. The van der Waals surface area contributed by atoms with Crippen LogP contribution in [0.25, 0.3) is 49.9 Å². The maximum Gasteiger partial charge on any atom is 0.180 e. The van der Waals surface area contributed by atoms with E-state index >= 15 is 0 Å². The molecule has 0 saturated carbocycles. The summed E-state index contributed by atoms with van der Waals surface area (Å²) in [5.41, 5.74) is 12.3. The number of anilines is 4. The molecule has 9 aromatic carbocycles. The number of aromatic nitrogens is 2. The Balaban J connectivity index is 0.949. The quantitative estimate of drug-likeness (QED) is 0.146. The monoisotopic (exact) mass is 976 g/mol. The minimum absolute atomic E-state index is 0.0476. The number of nitrogens with zero attached hydrogens (tertiary/aromatic N) is 3. The third kappa shape index (κ3) is 6.97. The Kier molecular flexibility index (Phi) is 10.4. The average molecular weight is 977 g/mol. The smallest absolute Gasteiger partial charge is 0.180 e. The first-order valence-corrected chi connectivity index (χ1v) is 30.4. The highest BCUT2D eigenvalue weighted by atomic mass is 28.3. The third-order valence-corrected chi connectivity index (χ3v) is 24.7. The molecule has 73 heavy (non-hydrogen) atoms. The fourth-order valence-corrected chi connectivity index (χ4v) is 23.5. The number of ether oxygens (including phenoxy) is 1. The SMILES string of the molecule is CN(c1ccccc1Nc1cccc(Oc2cc3c4c5c(cccc5n(-c5cc(C(C)(C)C)ccn5)c4c2)[Si]32c3ccccc3[Si](C)(C)c3ccccc32)c1)c1c(-c2ccccc2)cccc1-c1ccccc1. The van der Waals surface area contributed by atoms with E-state index in [1.54, 1.807) is 10.4 Å². The van der Waals surface area contributed by atoms with Crippen LogP contribution in [-0.2, 0) is 5.41 Å². The maximum absolute atomic E-state index is 7.23. The molecule has 2 aromatic heterocycles. The van der Waals surface area contributed by atoms with Gasteiger partial charge in [0, 0.05) is 53.0 Å². The van der Waals surface area contributed by atoms with Gasteiger partial charge in [0.2, 0.25) is 0 Å². The number of hydrogen-bond donors (Lipinski definition) is 1. The summed E-state index contributed by atoms with van der Waals surface area (Å²) >= 11 is 0. The highest BCUT2D eigenvalue weighted by Crippen LogP contribution is 2.45. The van der Waals surface area contributed by atoms with E-state index in [-0.39, 0.29) is 5.41 Å². The van der Waals surface area contributed by atoms with Crippen molar-refractivity contribution in [1.82, 2.24) is 9.55 Å². The second kappa shape index (κ2) is 16.9. The molecule has 4 heterocycles. The summed E-state index contributed by atoms with van der Waals surface area (Å²) in [6.07, 6.45) is 1.97. The minimum Gasteiger partial charge on any atom is -0.457 e. The average Bonchev–Trinajstić information content (AvgIpc) is 3.95. The van der Waals surface area contributed by atoms with Gasteiger partial charge in [0.05, 0.1) is 28.1 Å². The molecule has 2 aliphatic rings. The highest BCUT2D eigenvalue weighted by molar-refractivity contribution is 7.29. The standard InChI is InChI=1S/C66H56N4OSi2/c1-66(2,3)46-38-39-67-62(40-46)70-54-32-21-37-60-63(54)64-55(70)42-49(43-61(64)73(60)58-35-17-15-33-56(58)72(5,6)57-34-16-18-36-59(57)73)71-48-27-19-26-47(41-48)68-52-30-13-14-31-53(52)69(4)65-50(44-22-9-7-10-23-44)28-20-29-51(65)45-24-11-8-12-25-45/h7-43,68H,1-6H3. The first kappa shape index (κ1) is 44.7. The summed E-state index contributed by atoms with van der Waals surface area (Å²) in [7, 11) is -2.76. The summed E-state index contributed by atoms with van der Waals surface area (Å²) in [4.78, 5) is 7.44. The summed E-state index contributed by atoms with van der Waals surface area (Å²) in [5, 5.41) is 15.5. The van der Waals surface area contributed by atoms with Gasteiger partial charge in [-0.2, -0.15) is 0 Å². The molecule has 0 atom stereocenters. The fourth-order valence-electron chi connectivity index (χ4n) is 12.3. The lowest BCUT2D eigenvalue weighted by atomic mass is 9.88. The molecule has 0 unspecified atom stereocenters. The van der Waals surface area contributed by atoms with E-state index in [0.717, 1.165) is 45.6 Å². The fraction of sp³-hybridized carbons (Fsp3) is 0.106. The molecule has 11 aromatic rings. The zero-order valence-corrected chi connectivity index (χ0v) is 44.1. The Morgan fingerprint density at radius 2 is 1.08 bits per heavy atom. The molecule has 0 amide bonds. The van der Waals surface area contributed by atoms with Crippen LogP contribution < -0.4 is 46.1 Å². The van der Waals surface area contributed by atoms with Crippen molar-refractivity contribution in [2.45, 2.75) is 39.3 Å². The normalized spacial score (nSPS) is 13.8. The van der Waals surface area contributed by atoms with Crippen molar-refractivity contribution >= 4 is 91.8 Å². The van der Waals surface area contributed by atoms with Gasteiger partial charge < -0.3 is 15.0 Å². The molecular weight excluding hydrogens is 921 g/mol. The summed E-state index contributed by atoms with van der Waals surface area (Å²) < 4.78 is 9.63. The lowest BCUT2D eigenvalue weighted by Crippen LogP contribution is -2.86. The largest absolute Gasteiger partial charge is 0.457 e. The Morgan fingerprint density at radius 1 is 0.507 bits per heavy atom. The van der Waals surface area contributed by atoms with E-state index in [1.807, 2.05) is 6.20 Å². The van der Waals surface area contributed by atoms with Crippen molar-refractivity contribution in [3.8, 4) is 39.6 Å². The minimum atomic E-state index is -2.87. The molecule has 0 aliphatic carbocycles. The van der Waals surface area contributed by atoms with Crippen molar-refractivity contribution in [1.29, 1.82) is 0 Å². The van der Waals surface area contributed by atoms with Crippen LogP contribution in [0.1, 0.15) is 26.3 Å². The van der Waals surface area contributed by atoms with Gasteiger partial charge in [-0.05, 0) is 91.4 Å². The number of fused-ring (bicyclic) bond motifs is 6. The van der Waals surface area contributed by atoms with Crippen LogP contribution in [-0.4, -0.2) is 32.7 Å². The zero-order chi connectivity index (χ0) is 49.6. The highest BCUT2D eigenvalue weighted by Gasteiger charge is 2.56. The van der Waals surface area contributed by atoms with E-state index < -0.39 is 16.1 Å². The van der Waals surface area contributed by atoms with E-state index in [2.05, 4.69) is 274 Å². The third-order valence-electron chi connectivity index (χ3n) is 15.7. The van der Waals surface area contributed by atoms with Crippen molar-refractivity contribution in [3.63, 3.8) is 0 Å². The number of pyridine rings is 1. The Hall–Kier alpha value is -8.24. The predicted molar refractivity (Wildman–Crippen MR) is 313 cm³/mol. The van der Waals surface area contributed by atoms with Crippen LogP contribution in [0, 0.1) is 0 Å². The van der Waals surface area contributed by atoms with Crippen LogP contribution in [0.3, 0.4) is 0 Å². The lowest BCUT2D eigenvalue weighted by molar-refractivity contribution is 0.484. The molecular formula is C66H56N4OSi2. The molecule has 0 bridgehead atoms. The van der Waals surface area contributed by atoms with Crippen LogP contribution in [0.5, 0.6) is 11.5 Å². The van der Waals surface area contributed by atoms with Gasteiger partial charge in [0.1, 0.15) is 25.4 Å². The topological polar surface area (TPSA) is 42.3 Å². The second-order valence-electron chi connectivity index (χ2n) is 21.3. The molecule has 0 fully saturated rings. The predicted octanol–water partition coefficient (Wildman–Crippen LogP) is 12.9. The molecule has 13 rings (SSSR count). The molecule has 1 spiro atoms. The number of nitrogens with one attached hydrogen (secondary N) is 1. The van der Waals surface area contributed by atoms with Gasteiger partial charge in [-0.3, -0.25) is 4.57 Å². The van der Waals surface area contributed by atoms with Crippen molar-refractivity contribution < 1.29 is 4.74 Å². The Morgan fingerprint density at radius 3 is 1.75 bits per heavy atom. The first-order chi connectivity index (χ1) is 35.5. The van der Waals surface area contributed by atoms with Crippen molar-refractivity contribution in [2.24, 2.45) is 0 Å². The van der Waals surface area contributed by atoms with Gasteiger partial charge in [-0.25, -0.2) is 4.98 Å². The van der Waals surface area contributed by atoms with Gasteiger partial charge >= 0.3 is 0 Å². The first-order valence-electron chi connectivity index (χ1n) is 25.4. The molecule has 354 valence electrons. The number of para-hydroxylation sites is 3. The van der Waals surface area contributed by atoms with E-state index in [0.29, 0.717) is 0 Å². The van der Waals surface area contributed by atoms with Gasteiger partial charge in [0.25, 0.3) is 0 Å². The molecule has 0 saturated heterocycles. The van der Waals surface area contributed by atoms with Crippen LogP contribution in [0.4, 0.5) is 22.7 Å². The molecule has 2 aliphatic heterocycles. The maximum atomic E-state index is 7.23. The van der Waals surface area contributed by atoms with Crippen LogP contribution in [0.15, 0.2) is 225 Å². The zero-order valence-electron chi connectivity index (χ0n) is 42.1. The van der Waals surface area contributed by atoms with E-state index in [4.69, 9.17) is 9.72 Å². The van der Waals surface area contributed by atoms with Crippen molar-refractivity contribution in [3.05, 3.63) is 230 Å². The number of rotatable bonds is 9. The molecule has 7 heteroatoms. The number of hydrogen-bond acceptors (Lipinski definition) is 4. The lowest BCUT2D eigenvalue weighted by Gasteiger charge is -2.44. The Bertz CT molecular complexity index is 3860. The summed E-state index contributed by atoms with van der Waals surface area (Å²) in [6, 6.07) is 79.9. The van der Waals surface area contributed by atoms with E-state index in [9.17, 15) is 0 Å². The van der Waals surface area contributed by atoms with Crippen molar-refractivity contribution in [2.75, 3.05) is 17.3 Å². The Labute approximate surface area is 430 Å². The van der Waals surface area contributed by atoms with Crippen LogP contribution >= 0.6 is 0 Å². The van der Waals surface area contributed by atoms with Gasteiger partial charge in [-0.1, -0.05) is 202 Å². The van der Waals surface area contributed by atoms with Gasteiger partial charge in [0.15, 0.2) is 8.07 Å². The summed E-state index contributed by atoms with van der Waals surface area (Å²) in [5.74, 6) is 2.48. The molecule has 5 nitrogen and oxygen atoms in total. The van der Waals surface area contributed by atoms with Gasteiger partial charge in [-0.15, -0.1) is 0 Å².